The van der Waals surface area contributed by atoms with E-state index in [4.69, 9.17) is 17.1 Å². The maximum absolute atomic E-state index is 10.7. The quantitative estimate of drug-likeness (QED) is 0.519. The molecule has 0 saturated heterocycles. The molecule has 0 N–H and O–H groups in total. The van der Waals surface area contributed by atoms with Crippen molar-refractivity contribution in [3.8, 4) is 12.3 Å². The average Bonchev–Trinajstić information content (AvgIpc) is 2.35. The number of imidazole rings is 1. The molecule has 0 bridgehead atoms. The van der Waals surface area contributed by atoms with Gasteiger partial charge in [-0.25, -0.2) is 13.4 Å². The van der Waals surface area contributed by atoms with Crippen LogP contribution < -0.4 is 0 Å². The van der Waals surface area contributed by atoms with Gasteiger partial charge >= 0.3 is 0 Å². The zero-order valence-corrected chi connectivity index (χ0v) is 7.51. The molecule has 12 heavy (non-hydrogen) atoms. The predicted octanol–water partition coefficient (Wildman–Crippen LogP) is 0.444. The van der Waals surface area contributed by atoms with E-state index in [2.05, 4.69) is 10.9 Å². The number of hydrogen-bond donors (Lipinski definition) is 0. The Morgan fingerprint density at radius 3 is 2.83 bits per heavy atom. The van der Waals surface area contributed by atoms with Crippen LogP contribution in [-0.4, -0.2) is 18.0 Å². The Kier molecular flexibility index (Phi) is 2.40. The smallest absolute Gasteiger partial charge is 0.280 e. The lowest BCUT2D eigenvalue weighted by atomic mass is 10.6. The highest BCUT2D eigenvalue weighted by atomic mass is 35.7. The van der Waals surface area contributed by atoms with Gasteiger partial charge in [0.15, 0.2) is 5.03 Å². The van der Waals surface area contributed by atoms with Gasteiger partial charge in [0.2, 0.25) is 0 Å². The van der Waals surface area contributed by atoms with Crippen LogP contribution in [0, 0.1) is 12.3 Å². The summed E-state index contributed by atoms with van der Waals surface area (Å²) in [6.07, 6.45) is 7.59. The fourth-order valence-corrected chi connectivity index (χ4v) is 1.33. The van der Waals surface area contributed by atoms with Gasteiger partial charge in [-0.2, -0.15) is 0 Å². The van der Waals surface area contributed by atoms with Gasteiger partial charge in [0.1, 0.15) is 0 Å². The molecule has 64 valence electrons. The summed E-state index contributed by atoms with van der Waals surface area (Å²) in [5.74, 6) is 2.33. The monoisotopic (exact) mass is 204 g/mol. The second-order valence-corrected chi connectivity index (χ2v) is 4.54. The number of rotatable bonds is 2. The Morgan fingerprint density at radius 2 is 2.42 bits per heavy atom. The van der Waals surface area contributed by atoms with Crippen molar-refractivity contribution in [2.45, 2.75) is 11.6 Å². The number of halogens is 1. The van der Waals surface area contributed by atoms with E-state index in [0.29, 0.717) is 0 Å². The van der Waals surface area contributed by atoms with Crippen molar-refractivity contribution in [2.75, 3.05) is 0 Å². The molecule has 0 atom stereocenters. The third kappa shape index (κ3) is 2.00. The third-order valence-corrected chi connectivity index (χ3v) is 2.32. The Labute approximate surface area is 74.6 Å². The summed E-state index contributed by atoms with van der Waals surface area (Å²) in [5.41, 5.74) is 0. The van der Waals surface area contributed by atoms with Crippen molar-refractivity contribution in [1.82, 2.24) is 9.55 Å². The Balaban J connectivity index is 3.02. The van der Waals surface area contributed by atoms with Crippen LogP contribution in [0.25, 0.3) is 0 Å². The molecule has 0 aliphatic rings. The molecule has 0 fully saturated rings. The second-order valence-electron chi connectivity index (χ2n) is 2.03. The first-order valence-corrected chi connectivity index (χ1v) is 5.25. The lowest BCUT2D eigenvalue weighted by Crippen LogP contribution is -1.91. The van der Waals surface area contributed by atoms with Crippen LogP contribution in [0.1, 0.15) is 0 Å². The molecule has 0 saturated carbocycles. The van der Waals surface area contributed by atoms with Gasteiger partial charge in [-0.3, -0.25) is 0 Å². The maximum atomic E-state index is 10.7. The molecule has 1 heterocycles. The van der Waals surface area contributed by atoms with Gasteiger partial charge in [0.25, 0.3) is 9.05 Å². The van der Waals surface area contributed by atoms with E-state index in [1.54, 1.807) is 0 Å². The highest BCUT2D eigenvalue weighted by Crippen LogP contribution is 2.10. The first-order valence-electron chi connectivity index (χ1n) is 2.94. The molecule has 4 nitrogen and oxygen atoms in total. The van der Waals surface area contributed by atoms with Crippen molar-refractivity contribution < 1.29 is 8.42 Å². The first-order chi connectivity index (χ1) is 5.54. The van der Waals surface area contributed by atoms with Crippen LogP contribution in [0.4, 0.5) is 0 Å². The van der Waals surface area contributed by atoms with E-state index in [0.717, 1.165) is 0 Å². The van der Waals surface area contributed by atoms with Crippen LogP contribution in [-0.2, 0) is 15.6 Å². The molecule has 0 amide bonds. The Hall–Kier alpha value is -0.990. The van der Waals surface area contributed by atoms with E-state index in [1.807, 2.05) is 0 Å². The molecule has 0 aliphatic carbocycles. The molecule has 0 unspecified atom stereocenters. The van der Waals surface area contributed by atoms with Crippen LogP contribution in [0.5, 0.6) is 0 Å². The minimum atomic E-state index is -3.73. The summed E-state index contributed by atoms with van der Waals surface area (Å²) in [5, 5.41) is -0.181. The third-order valence-electron chi connectivity index (χ3n) is 1.13. The molecule has 1 rings (SSSR count). The van der Waals surface area contributed by atoms with E-state index in [9.17, 15) is 8.42 Å². The highest BCUT2D eigenvalue weighted by molar-refractivity contribution is 8.13. The largest absolute Gasteiger partial charge is 0.324 e. The minimum Gasteiger partial charge on any atom is -0.324 e. The number of aromatic nitrogens is 2. The van der Waals surface area contributed by atoms with Crippen molar-refractivity contribution in [3.63, 3.8) is 0 Å². The zero-order chi connectivity index (χ0) is 9.19. The zero-order valence-electron chi connectivity index (χ0n) is 5.94. The Bertz CT molecular complexity index is 415. The molecule has 0 spiro atoms. The summed E-state index contributed by atoms with van der Waals surface area (Å²) in [6.45, 7) is 0.277. The lowest BCUT2D eigenvalue weighted by Gasteiger charge is -1.89. The summed E-state index contributed by atoms with van der Waals surface area (Å²) >= 11 is 0. The predicted molar refractivity (Wildman–Crippen MR) is 44.1 cm³/mol. The van der Waals surface area contributed by atoms with E-state index in [1.165, 1.54) is 17.1 Å². The Morgan fingerprint density at radius 1 is 1.75 bits per heavy atom. The number of terminal acetylenes is 1. The van der Waals surface area contributed by atoms with Crippen LogP contribution in [0.3, 0.4) is 0 Å². The minimum absolute atomic E-state index is 0.181. The van der Waals surface area contributed by atoms with Crippen molar-refractivity contribution in [3.05, 3.63) is 12.5 Å². The fraction of sp³-hybridized carbons (Fsp3) is 0.167. The van der Waals surface area contributed by atoms with E-state index < -0.39 is 9.05 Å². The van der Waals surface area contributed by atoms with Crippen LogP contribution in [0.15, 0.2) is 17.6 Å². The van der Waals surface area contributed by atoms with Crippen molar-refractivity contribution >= 4 is 19.7 Å². The van der Waals surface area contributed by atoms with Gasteiger partial charge in [0, 0.05) is 16.9 Å². The first kappa shape index (κ1) is 9.10. The maximum Gasteiger partial charge on any atom is 0.280 e. The number of nitrogens with zero attached hydrogens (tertiary/aromatic N) is 2. The molecule has 1 aromatic heterocycles. The topological polar surface area (TPSA) is 52.0 Å². The summed E-state index contributed by atoms with van der Waals surface area (Å²) in [4.78, 5) is 3.55. The second kappa shape index (κ2) is 3.17. The van der Waals surface area contributed by atoms with Crippen molar-refractivity contribution in [2.24, 2.45) is 0 Å². The molecule has 0 aliphatic heterocycles. The SMILES string of the molecule is C#CCn1cnc(S(=O)(=O)Cl)c1. The van der Waals surface area contributed by atoms with Crippen LogP contribution in [0.2, 0.25) is 0 Å². The van der Waals surface area contributed by atoms with Crippen LogP contribution >= 0.6 is 10.7 Å². The van der Waals surface area contributed by atoms with E-state index in [-0.39, 0.29) is 11.6 Å². The summed E-state index contributed by atoms with van der Waals surface area (Å²) in [7, 11) is 1.29. The molecular weight excluding hydrogens is 200 g/mol. The van der Waals surface area contributed by atoms with Crippen molar-refractivity contribution in [1.29, 1.82) is 0 Å². The van der Waals surface area contributed by atoms with Gasteiger partial charge in [-0.1, -0.05) is 5.92 Å². The standard InChI is InChI=1S/C6H5ClN2O2S/c1-2-3-9-4-6(8-5-9)12(7,10)11/h1,4-5H,3H2. The van der Waals surface area contributed by atoms with E-state index >= 15 is 0 Å². The van der Waals surface area contributed by atoms with Gasteiger partial charge in [-0.15, -0.1) is 6.42 Å². The summed E-state index contributed by atoms with van der Waals surface area (Å²) < 4.78 is 22.8. The normalized spacial score (nSPS) is 11.0. The molecule has 6 heteroatoms. The van der Waals surface area contributed by atoms with Gasteiger partial charge in [-0.05, 0) is 0 Å². The molecule has 0 radical (unpaired) electrons. The fourth-order valence-electron chi connectivity index (χ4n) is 0.657. The highest BCUT2D eigenvalue weighted by Gasteiger charge is 2.12. The van der Waals surface area contributed by atoms with Gasteiger partial charge < -0.3 is 4.57 Å². The summed E-state index contributed by atoms with van der Waals surface area (Å²) in [6, 6.07) is 0. The molecule has 1 aromatic rings. The lowest BCUT2D eigenvalue weighted by molar-refractivity contribution is 0.606. The van der Waals surface area contributed by atoms with Gasteiger partial charge in [0.05, 0.1) is 12.9 Å². The molecule has 0 aromatic carbocycles. The number of hydrogen-bond acceptors (Lipinski definition) is 3. The average molecular weight is 205 g/mol. The molecular formula is C6H5ClN2O2S.